The second kappa shape index (κ2) is 7.21. The fourth-order valence-electron chi connectivity index (χ4n) is 3.24. The van der Waals surface area contributed by atoms with Gasteiger partial charge in [-0.3, -0.25) is 9.63 Å². The molecule has 1 aliphatic heterocycles. The SMILES string of the molecule is CONC(=O)C1CCN(S(=O)(=O)c2c(C)c(C)cc(C)c2C)CC1. The minimum absolute atomic E-state index is 0.187. The minimum Gasteiger partial charge on any atom is -0.277 e. The highest BCUT2D eigenvalue weighted by molar-refractivity contribution is 7.89. The molecule has 0 aromatic heterocycles. The average molecular weight is 354 g/mol. The maximum Gasteiger partial charge on any atom is 0.246 e. The summed E-state index contributed by atoms with van der Waals surface area (Å²) in [5.41, 5.74) is 5.89. The third-order valence-electron chi connectivity index (χ3n) is 4.92. The van der Waals surface area contributed by atoms with Crippen LogP contribution in [-0.4, -0.2) is 38.8 Å². The number of piperidine rings is 1. The minimum atomic E-state index is -3.56. The van der Waals surface area contributed by atoms with Crippen LogP contribution in [0.4, 0.5) is 0 Å². The standard InChI is InChI=1S/C17H26N2O4S/c1-11-10-12(2)14(4)16(13(11)3)24(21,22)19-8-6-15(7-9-19)17(20)18-23-5/h10,15H,6-9H2,1-5H3,(H,18,20). The van der Waals surface area contributed by atoms with Crippen molar-refractivity contribution in [1.29, 1.82) is 0 Å². The summed E-state index contributed by atoms with van der Waals surface area (Å²) in [6.45, 7) is 8.26. The van der Waals surface area contributed by atoms with Crippen LogP contribution < -0.4 is 5.48 Å². The highest BCUT2D eigenvalue weighted by atomic mass is 32.2. The molecule has 1 N–H and O–H groups in total. The number of rotatable bonds is 4. The molecule has 1 aromatic carbocycles. The summed E-state index contributed by atoms with van der Waals surface area (Å²) in [6.07, 6.45) is 0.995. The van der Waals surface area contributed by atoms with Gasteiger partial charge in [0.1, 0.15) is 0 Å². The van der Waals surface area contributed by atoms with Gasteiger partial charge in [0.05, 0.1) is 12.0 Å². The molecule has 0 bridgehead atoms. The number of nitrogens with one attached hydrogen (secondary N) is 1. The van der Waals surface area contributed by atoms with Crippen molar-refractivity contribution in [2.45, 2.75) is 45.4 Å². The number of sulfonamides is 1. The second-order valence-electron chi connectivity index (χ2n) is 6.44. The highest BCUT2D eigenvalue weighted by Crippen LogP contribution is 2.31. The number of carbonyl (C=O) groups is 1. The molecule has 0 unspecified atom stereocenters. The van der Waals surface area contributed by atoms with Crippen LogP contribution in [0.15, 0.2) is 11.0 Å². The van der Waals surface area contributed by atoms with Crippen LogP contribution >= 0.6 is 0 Å². The molecule has 2 rings (SSSR count). The first kappa shape index (κ1) is 18.9. The third kappa shape index (κ3) is 3.48. The monoisotopic (exact) mass is 354 g/mol. The number of hydroxylamine groups is 1. The first-order valence-corrected chi connectivity index (χ1v) is 9.54. The van der Waals surface area contributed by atoms with Gasteiger partial charge in [-0.05, 0) is 62.8 Å². The Balaban J connectivity index is 2.26. The third-order valence-corrected chi connectivity index (χ3v) is 7.10. The quantitative estimate of drug-likeness (QED) is 0.839. The first-order valence-electron chi connectivity index (χ1n) is 8.10. The van der Waals surface area contributed by atoms with Crippen molar-refractivity contribution in [1.82, 2.24) is 9.79 Å². The van der Waals surface area contributed by atoms with Gasteiger partial charge in [-0.1, -0.05) is 6.07 Å². The molecule has 1 saturated heterocycles. The molecule has 24 heavy (non-hydrogen) atoms. The molecule has 1 heterocycles. The van der Waals surface area contributed by atoms with E-state index in [0.717, 1.165) is 22.3 Å². The van der Waals surface area contributed by atoms with Crippen LogP contribution in [0.5, 0.6) is 0 Å². The Morgan fingerprint density at radius 3 is 2.08 bits per heavy atom. The molecule has 7 heteroatoms. The van der Waals surface area contributed by atoms with E-state index in [1.807, 2.05) is 33.8 Å². The van der Waals surface area contributed by atoms with Crippen LogP contribution in [0.25, 0.3) is 0 Å². The maximum atomic E-state index is 13.1. The van der Waals surface area contributed by atoms with E-state index in [1.165, 1.54) is 11.4 Å². The summed E-state index contributed by atoms with van der Waals surface area (Å²) in [4.78, 5) is 16.9. The lowest BCUT2D eigenvalue weighted by molar-refractivity contribution is -0.136. The summed E-state index contributed by atoms with van der Waals surface area (Å²) in [6, 6.07) is 2.02. The smallest absolute Gasteiger partial charge is 0.246 e. The van der Waals surface area contributed by atoms with Crippen LogP contribution in [0.1, 0.15) is 35.1 Å². The molecule has 0 spiro atoms. The molecule has 0 saturated carbocycles. The van der Waals surface area contributed by atoms with Crippen molar-refractivity contribution < 1.29 is 18.0 Å². The predicted molar refractivity (Wildman–Crippen MR) is 92.0 cm³/mol. The zero-order chi connectivity index (χ0) is 18.1. The number of benzene rings is 1. The molecule has 1 aliphatic rings. The number of nitrogens with zero attached hydrogens (tertiary/aromatic N) is 1. The van der Waals surface area contributed by atoms with Crippen molar-refractivity contribution in [3.63, 3.8) is 0 Å². The normalized spacial score (nSPS) is 17.0. The van der Waals surface area contributed by atoms with E-state index in [1.54, 1.807) is 0 Å². The van der Waals surface area contributed by atoms with E-state index in [9.17, 15) is 13.2 Å². The average Bonchev–Trinajstić information content (AvgIpc) is 2.53. The summed E-state index contributed by atoms with van der Waals surface area (Å²) in [5.74, 6) is -0.397. The van der Waals surface area contributed by atoms with Gasteiger partial charge in [0.15, 0.2) is 0 Å². The number of aryl methyl sites for hydroxylation is 2. The lowest BCUT2D eigenvalue weighted by Crippen LogP contribution is -2.43. The van der Waals surface area contributed by atoms with Crippen molar-refractivity contribution in [2.75, 3.05) is 20.2 Å². The predicted octanol–water partition coefficient (Wildman–Crippen LogP) is 2.00. The van der Waals surface area contributed by atoms with E-state index >= 15 is 0 Å². The van der Waals surface area contributed by atoms with Gasteiger partial charge < -0.3 is 0 Å². The Morgan fingerprint density at radius 1 is 1.12 bits per heavy atom. The van der Waals surface area contributed by atoms with Crippen molar-refractivity contribution >= 4 is 15.9 Å². The van der Waals surface area contributed by atoms with Crippen LogP contribution in [-0.2, 0) is 19.7 Å². The molecule has 1 amide bonds. The fourth-order valence-corrected chi connectivity index (χ4v) is 5.28. The zero-order valence-electron chi connectivity index (χ0n) is 15.0. The largest absolute Gasteiger partial charge is 0.277 e. The van der Waals surface area contributed by atoms with Gasteiger partial charge in [0, 0.05) is 19.0 Å². The Kier molecular flexibility index (Phi) is 5.67. The van der Waals surface area contributed by atoms with Gasteiger partial charge in [0.2, 0.25) is 15.9 Å². The first-order chi connectivity index (χ1) is 11.2. The number of amides is 1. The fraction of sp³-hybridized carbons (Fsp3) is 0.588. The molecule has 0 aliphatic carbocycles. The van der Waals surface area contributed by atoms with E-state index in [2.05, 4.69) is 10.3 Å². The molecule has 134 valence electrons. The Bertz CT molecular complexity index is 709. The maximum absolute atomic E-state index is 13.1. The van der Waals surface area contributed by atoms with Gasteiger partial charge in [-0.15, -0.1) is 0 Å². The van der Waals surface area contributed by atoms with Crippen molar-refractivity contribution in [3.05, 3.63) is 28.3 Å². The van der Waals surface area contributed by atoms with Gasteiger partial charge in [0.25, 0.3) is 0 Å². The number of hydrogen-bond acceptors (Lipinski definition) is 4. The van der Waals surface area contributed by atoms with E-state index in [0.29, 0.717) is 30.8 Å². The molecule has 0 atom stereocenters. The van der Waals surface area contributed by atoms with Crippen molar-refractivity contribution in [2.24, 2.45) is 5.92 Å². The Hall–Kier alpha value is -1.44. The summed E-state index contributed by atoms with van der Waals surface area (Å²) < 4.78 is 27.8. The molecule has 6 nitrogen and oxygen atoms in total. The summed E-state index contributed by atoms with van der Waals surface area (Å²) in [5, 5.41) is 0. The Labute approximate surface area is 144 Å². The topological polar surface area (TPSA) is 75.7 Å². The molecular formula is C17H26N2O4S. The van der Waals surface area contributed by atoms with Gasteiger partial charge in [-0.2, -0.15) is 4.31 Å². The summed E-state index contributed by atoms with van der Waals surface area (Å²) in [7, 11) is -2.17. The lowest BCUT2D eigenvalue weighted by atomic mass is 9.98. The van der Waals surface area contributed by atoms with E-state index in [4.69, 9.17) is 0 Å². The zero-order valence-corrected chi connectivity index (χ0v) is 15.8. The number of carbonyl (C=O) groups excluding carboxylic acids is 1. The van der Waals surface area contributed by atoms with E-state index < -0.39 is 10.0 Å². The summed E-state index contributed by atoms with van der Waals surface area (Å²) >= 11 is 0. The second-order valence-corrected chi connectivity index (χ2v) is 8.31. The molecule has 1 fully saturated rings. The lowest BCUT2D eigenvalue weighted by Gasteiger charge is -2.31. The van der Waals surface area contributed by atoms with Crippen LogP contribution in [0, 0.1) is 33.6 Å². The van der Waals surface area contributed by atoms with Crippen LogP contribution in [0.3, 0.4) is 0 Å². The number of hydrogen-bond donors (Lipinski definition) is 1. The van der Waals surface area contributed by atoms with Gasteiger partial charge >= 0.3 is 0 Å². The molecule has 0 radical (unpaired) electrons. The highest BCUT2D eigenvalue weighted by Gasteiger charge is 2.34. The molecule has 1 aromatic rings. The molecular weight excluding hydrogens is 328 g/mol. The van der Waals surface area contributed by atoms with Crippen LogP contribution in [0.2, 0.25) is 0 Å². The van der Waals surface area contributed by atoms with Crippen molar-refractivity contribution in [3.8, 4) is 0 Å². The van der Waals surface area contributed by atoms with Gasteiger partial charge in [-0.25, -0.2) is 13.9 Å². The Morgan fingerprint density at radius 2 is 1.62 bits per heavy atom. The van der Waals surface area contributed by atoms with E-state index in [-0.39, 0.29) is 11.8 Å².